The Morgan fingerprint density at radius 2 is 2.24 bits per heavy atom. The van der Waals surface area contributed by atoms with Crippen LogP contribution >= 0.6 is 0 Å². The number of nitrogens with one attached hydrogen (secondary N) is 2. The molecule has 1 atom stereocenters. The van der Waals surface area contributed by atoms with E-state index in [1.807, 2.05) is 6.92 Å². The minimum Gasteiger partial charge on any atom is -0.345 e. The Hall–Kier alpha value is -1.40. The van der Waals surface area contributed by atoms with Gasteiger partial charge in [-0.15, -0.1) is 0 Å². The van der Waals surface area contributed by atoms with E-state index in [0.29, 0.717) is 6.54 Å². The van der Waals surface area contributed by atoms with Crippen LogP contribution in [-0.2, 0) is 4.79 Å². The Kier molecular flexibility index (Phi) is 5.76. The van der Waals surface area contributed by atoms with Crippen molar-refractivity contribution in [2.45, 2.75) is 32.7 Å². The first kappa shape index (κ1) is 16.0. The standard InChI is InChI=1S/C15H27N5O/c1-4-13(15-16-10-12(2)17-15)18-14(21)11-20-7-5-6-19(3)8-9-20/h10,13H,4-9,11H2,1-3H3,(H,16,17)(H,18,21)/t13-/m0/s1. The van der Waals surface area contributed by atoms with Crippen molar-refractivity contribution < 1.29 is 4.79 Å². The molecule has 21 heavy (non-hydrogen) atoms. The summed E-state index contributed by atoms with van der Waals surface area (Å²) < 4.78 is 0. The minimum absolute atomic E-state index is 0.0270. The van der Waals surface area contributed by atoms with Gasteiger partial charge < -0.3 is 15.2 Å². The fraction of sp³-hybridized carbons (Fsp3) is 0.733. The molecule has 0 aromatic carbocycles. The molecule has 0 saturated carbocycles. The molecule has 2 heterocycles. The molecule has 0 unspecified atom stereocenters. The Labute approximate surface area is 126 Å². The zero-order chi connectivity index (χ0) is 15.2. The highest BCUT2D eigenvalue weighted by atomic mass is 16.2. The first-order chi connectivity index (χ1) is 10.1. The summed E-state index contributed by atoms with van der Waals surface area (Å²) in [6.45, 7) is 8.60. The number of aryl methyl sites for hydroxylation is 1. The average Bonchev–Trinajstić information content (AvgIpc) is 2.78. The lowest BCUT2D eigenvalue weighted by Crippen LogP contribution is -2.40. The molecule has 118 valence electrons. The number of rotatable bonds is 5. The van der Waals surface area contributed by atoms with Gasteiger partial charge in [0.15, 0.2) is 0 Å². The molecule has 1 aliphatic rings. The van der Waals surface area contributed by atoms with E-state index in [1.165, 1.54) is 0 Å². The van der Waals surface area contributed by atoms with E-state index in [0.717, 1.165) is 50.5 Å². The van der Waals surface area contributed by atoms with Crippen LogP contribution in [0.2, 0.25) is 0 Å². The number of aromatic nitrogens is 2. The minimum atomic E-state index is -0.0270. The highest BCUT2D eigenvalue weighted by molar-refractivity contribution is 5.78. The normalized spacial score (nSPS) is 19.2. The van der Waals surface area contributed by atoms with Gasteiger partial charge in [0, 0.05) is 25.0 Å². The zero-order valence-electron chi connectivity index (χ0n) is 13.4. The van der Waals surface area contributed by atoms with Crippen molar-refractivity contribution in [1.29, 1.82) is 0 Å². The van der Waals surface area contributed by atoms with Crippen LogP contribution in [-0.4, -0.2) is 65.4 Å². The Bertz CT molecular complexity index is 459. The molecule has 1 fully saturated rings. The van der Waals surface area contributed by atoms with Gasteiger partial charge in [-0.2, -0.15) is 0 Å². The number of amides is 1. The van der Waals surface area contributed by atoms with E-state index in [9.17, 15) is 4.79 Å². The molecule has 1 aromatic rings. The molecule has 0 radical (unpaired) electrons. The third kappa shape index (κ3) is 4.82. The van der Waals surface area contributed by atoms with Crippen LogP contribution in [0.4, 0.5) is 0 Å². The number of nitrogens with zero attached hydrogens (tertiary/aromatic N) is 3. The molecule has 2 rings (SSSR count). The molecule has 6 heteroatoms. The molecule has 0 aliphatic carbocycles. The lowest BCUT2D eigenvalue weighted by Gasteiger charge is -2.21. The number of hydrogen-bond donors (Lipinski definition) is 2. The molecule has 0 bridgehead atoms. The highest BCUT2D eigenvalue weighted by Gasteiger charge is 2.19. The summed E-state index contributed by atoms with van der Waals surface area (Å²) in [5.74, 6) is 0.930. The summed E-state index contributed by atoms with van der Waals surface area (Å²) in [6.07, 6.45) is 3.76. The van der Waals surface area contributed by atoms with E-state index < -0.39 is 0 Å². The van der Waals surface area contributed by atoms with Crippen LogP contribution in [0.15, 0.2) is 6.20 Å². The number of H-pyrrole nitrogens is 1. The molecule has 1 aliphatic heterocycles. The molecular weight excluding hydrogens is 266 g/mol. The molecule has 6 nitrogen and oxygen atoms in total. The second-order valence-electron chi connectivity index (χ2n) is 5.91. The molecule has 0 spiro atoms. The maximum atomic E-state index is 12.2. The molecular formula is C15H27N5O. The van der Waals surface area contributed by atoms with Crippen LogP contribution in [0.5, 0.6) is 0 Å². The van der Waals surface area contributed by atoms with E-state index in [1.54, 1.807) is 6.20 Å². The number of aromatic amines is 1. The quantitative estimate of drug-likeness (QED) is 0.847. The van der Waals surface area contributed by atoms with Gasteiger partial charge in [0.05, 0.1) is 12.6 Å². The van der Waals surface area contributed by atoms with Crippen LogP contribution in [0.3, 0.4) is 0 Å². The summed E-state index contributed by atoms with van der Waals surface area (Å²) in [5.41, 5.74) is 1.02. The summed E-state index contributed by atoms with van der Waals surface area (Å²) in [6, 6.07) is -0.0270. The number of hydrogen-bond acceptors (Lipinski definition) is 4. The van der Waals surface area contributed by atoms with Crippen LogP contribution < -0.4 is 5.32 Å². The maximum absolute atomic E-state index is 12.2. The van der Waals surface area contributed by atoms with Crippen molar-refractivity contribution in [2.24, 2.45) is 0 Å². The van der Waals surface area contributed by atoms with Gasteiger partial charge in [-0.05, 0) is 39.9 Å². The van der Waals surface area contributed by atoms with Crippen molar-refractivity contribution in [3.05, 3.63) is 17.7 Å². The topological polar surface area (TPSA) is 64.3 Å². The summed E-state index contributed by atoms with van der Waals surface area (Å²) in [4.78, 5) is 24.3. The van der Waals surface area contributed by atoms with E-state index in [-0.39, 0.29) is 11.9 Å². The Morgan fingerprint density at radius 3 is 2.90 bits per heavy atom. The van der Waals surface area contributed by atoms with E-state index >= 15 is 0 Å². The SMILES string of the molecule is CC[C@H](NC(=O)CN1CCCN(C)CC1)c1ncc(C)[nH]1. The Balaban J connectivity index is 1.85. The van der Waals surface area contributed by atoms with E-state index in [2.05, 4.69) is 39.1 Å². The number of imidazole rings is 1. The van der Waals surface area contributed by atoms with Crippen molar-refractivity contribution in [1.82, 2.24) is 25.1 Å². The maximum Gasteiger partial charge on any atom is 0.234 e. The van der Waals surface area contributed by atoms with Gasteiger partial charge >= 0.3 is 0 Å². The van der Waals surface area contributed by atoms with Crippen LogP contribution in [0.1, 0.15) is 37.3 Å². The third-order valence-corrected chi connectivity index (χ3v) is 3.98. The lowest BCUT2D eigenvalue weighted by molar-refractivity contribution is -0.123. The largest absolute Gasteiger partial charge is 0.345 e. The molecule has 1 aromatic heterocycles. The second-order valence-corrected chi connectivity index (χ2v) is 5.91. The van der Waals surface area contributed by atoms with Crippen molar-refractivity contribution in [2.75, 3.05) is 39.8 Å². The van der Waals surface area contributed by atoms with Crippen LogP contribution in [0.25, 0.3) is 0 Å². The summed E-state index contributed by atoms with van der Waals surface area (Å²) in [5, 5.41) is 3.09. The molecule has 1 amide bonds. The summed E-state index contributed by atoms with van der Waals surface area (Å²) in [7, 11) is 2.13. The van der Waals surface area contributed by atoms with Crippen LogP contribution in [0, 0.1) is 6.92 Å². The summed E-state index contributed by atoms with van der Waals surface area (Å²) >= 11 is 0. The van der Waals surface area contributed by atoms with E-state index in [4.69, 9.17) is 0 Å². The predicted molar refractivity (Wildman–Crippen MR) is 83.1 cm³/mol. The number of likely N-dealkylation sites (N-methyl/N-ethyl adjacent to an activating group) is 1. The predicted octanol–water partition coefficient (Wildman–Crippen LogP) is 0.923. The second kappa shape index (κ2) is 7.56. The number of carbonyl (C=O) groups excluding carboxylic acids is 1. The van der Waals surface area contributed by atoms with Crippen molar-refractivity contribution in [3.8, 4) is 0 Å². The van der Waals surface area contributed by atoms with Crippen molar-refractivity contribution in [3.63, 3.8) is 0 Å². The zero-order valence-corrected chi connectivity index (χ0v) is 13.4. The Morgan fingerprint density at radius 1 is 1.43 bits per heavy atom. The third-order valence-electron chi connectivity index (χ3n) is 3.98. The number of carbonyl (C=O) groups is 1. The highest BCUT2D eigenvalue weighted by Crippen LogP contribution is 2.12. The van der Waals surface area contributed by atoms with Gasteiger partial charge in [0.25, 0.3) is 0 Å². The monoisotopic (exact) mass is 293 g/mol. The smallest absolute Gasteiger partial charge is 0.234 e. The van der Waals surface area contributed by atoms with Gasteiger partial charge in [0.1, 0.15) is 5.82 Å². The molecule has 2 N–H and O–H groups in total. The molecule has 1 saturated heterocycles. The van der Waals surface area contributed by atoms with Gasteiger partial charge in [0.2, 0.25) is 5.91 Å². The van der Waals surface area contributed by atoms with Gasteiger partial charge in [-0.25, -0.2) is 4.98 Å². The first-order valence-corrected chi connectivity index (χ1v) is 7.80. The van der Waals surface area contributed by atoms with Crippen molar-refractivity contribution >= 4 is 5.91 Å². The lowest BCUT2D eigenvalue weighted by atomic mass is 10.2. The fourth-order valence-corrected chi connectivity index (χ4v) is 2.67. The fourth-order valence-electron chi connectivity index (χ4n) is 2.67. The average molecular weight is 293 g/mol. The first-order valence-electron chi connectivity index (χ1n) is 7.80. The van der Waals surface area contributed by atoms with Gasteiger partial charge in [-0.3, -0.25) is 9.69 Å². The van der Waals surface area contributed by atoms with Gasteiger partial charge in [-0.1, -0.05) is 6.92 Å².